The lowest BCUT2D eigenvalue weighted by Gasteiger charge is -2.32. The molecular formula is C13H23F3N4O4S. The van der Waals surface area contributed by atoms with Crippen LogP contribution in [0.5, 0.6) is 0 Å². The number of aliphatic imine (C=N–C) groups is 1. The van der Waals surface area contributed by atoms with Crippen molar-refractivity contribution in [3.8, 4) is 0 Å². The fourth-order valence-electron chi connectivity index (χ4n) is 2.31. The van der Waals surface area contributed by atoms with Gasteiger partial charge in [0.05, 0.1) is 13.0 Å². The van der Waals surface area contributed by atoms with E-state index in [1.165, 1.54) is 14.2 Å². The quantitative estimate of drug-likeness (QED) is 0.399. The van der Waals surface area contributed by atoms with Gasteiger partial charge in [0.1, 0.15) is 0 Å². The van der Waals surface area contributed by atoms with Crippen molar-refractivity contribution in [1.82, 2.24) is 14.9 Å². The van der Waals surface area contributed by atoms with E-state index in [4.69, 9.17) is 0 Å². The zero-order valence-corrected chi connectivity index (χ0v) is 15.1. The molecule has 0 aromatic rings. The molecule has 1 unspecified atom stereocenters. The number of alkyl halides is 3. The summed E-state index contributed by atoms with van der Waals surface area (Å²) in [5.74, 6) is -0.399. The van der Waals surface area contributed by atoms with Crippen LogP contribution < -0.4 is 10.6 Å². The Morgan fingerprint density at radius 2 is 1.92 bits per heavy atom. The Morgan fingerprint density at radius 3 is 2.36 bits per heavy atom. The third kappa shape index (κ3) is 5.73. The molecule has 1 fully saturated rings. The van der Waals surface area contributed by atoms with Crippen molar-refractivity contribution in [2.45, 2.75) is 31.3 Å². The van der Waals surface area contributed by atoms with E-state index >= 15 is 0 Å². The molecule has 1 heterocycles. The van der Waals surface area contributed by atoms with Gasteiger partial charge in [0, 0.05) is 32.7 Å². The number of ether oxygens (including phenoxy) is 1. The molecule has 0 saturated carbocycles. The van der Waals surface area contributed by atoms with E-state index in [0.717, 1.165) is 0 Å². The zero-order chi connectivity index (χ0) is 19.3. The number of nitrogens with one attached hydrogen (secondary N) is 2. The lowest BCUT2D eigenvalue weighted by Crippen LogP contribution is -2.52. The fourth-order valence-corrected chi connectivity index (χ4v) is 3.29. The van der Waals surface area contributed by atoms with Gasteiger partial charge in [-0.1, -0.05) is 6.92 Å². The molecule has 1 aliphatic rings. The summed E-state index contributed by atoms with van der Waals surface area (Å²) in [7, 11) is -2.48. The van der Waals surface area contributed by atoms with Gasteiger partial charge in [0.25, 0.3) is 0 Å². The molecule has 1 atom stereocenters. The SMILES string of the molecule is CN=C(NCC(C)C(=O)OC)NC1CCN(S(=O)(=O)C(F)(F)F)CC1. The maximum absolute atomic E-state index is 12.5. The molecule has 0 bridgehead atoms. The van der Waals surface area contributed by atoms with Crippen LogP contribution in [0.4, 0.5) is 13.2 Å². The highest BCUT2D eigenvalue weighted by Crippen LogP contribution is 2.28. The monoisotopic (exact) mass is 388 g/mol. The lowest BCUT2D eigenvalue weighted by molar-refractivity contribution is -0.144. The average Bonchev–Trinajstić information content (AvgIpc) is 2.56. The number of hydrogen-bond donors (Lipinski definition) is 2. The number of hydrogen-bond acceptors (Lipinski definition) is 5. The van der Waals surface area contributed by atoms with Gasteiger partial charge in [-0.2, -0.15) is 17.5 Å². The zero-order valence-electron chi connectivity index (χ0n) is 14.3. The van der Waals surface area contributed by atoms with E-state index in [-0.39, 0.29) is 44.5 Å². The van der Waals surface area contributed by atoms with Gasteiger partial charge in [-0.15, -0.1) is 0 Å². The Labute approximate surface area is 144 Å². The predicted molar refractivity (Wildman–Crippen MR) is 85.2 cm³/mol. The minimum absolute atomic E-state index is 0.211. The van der Waals surface area contributed by atoms with Gasteiger partial charge in [0.2, 0.25) is 0 Å². The first kappa shape index (κ1) is 21.5. The van der Waals surface area contributed by atoms with Crippen molar-refractivity contribution >= 4 is 22.0 Å². The van der Waals surface area contributed by atoms with Crippen LogP contribution in [0.2, 0.25) is 0 Å². The van der Waals surface area contributed by atoms with Crippen LogP contribution in [-0.2, 0) is 19.6 Å². The molecule has 0 aromatic heterocycles. The summed E-state index contributed by atoms with van der Waals surface area (Å²) in [6.07, 6.45) is 0.422. The van der Waals surface area contributed by atoms with Crippen LogP contribution in [0.15, 0.2) is 4.99 Å². The molecule has 0 amide bonds. The van der Waals surface area contributed by atoms with Crippen LogP contribution in [0, 0.1) is 5.92 Å². The first-order valence-electron chi connectivity index (χ1n) is 7.64. The van der Waals surface area contributed by atoms with Crippen molar-refractivity contribution in [2.75, 3.05) is 33.8 Å². The highest BCUT2D eigenvalue weighted by Gasteiger charge is 2.50. The number of rotatable bonds is 5. The van der Waals surface area contributed by atoms with Crippen molar-refractivity contribution < 1.29 is 31.1 Å². The van der Waals surface area contributed by atoms with E-state index in [0.29, 0.717) is 10.3 Å². The van der Waals surface area contributed by atoms with Crippen LogP contribution in [0.25, 0.3) is 0 Å². The van der Waals surface area contributed by atoms with Crippen LogP contribution in [0.3, 0.4) is 0 Å². The summed E-state index contributed by atoms with van der Waals surface area (Å²) in [6, 6.07) is -0.223. The Morgan fingerprint density at radius 1 is 1.36 bits per heavy atom. The third-order valence-corrected chi connectivity index (χ3v) is 5.46. The number of nitrogens with zero attached hydrogens (tertiary/aromatic N) is 2. The number of sulfonamides is 1. The first-order valence-corrected chi connectivity index (χ1v) is 9.08. The molecular weight excluding hydrogens is 365 g/mol. The average molecular weight is 388 g/mol. The number of guanidine groups is 1. The summed E-state index contributed by atoms with van der Waals surface area (Å²) in [4.78, 5) is 15.3. The second-order valence-electron chi connectivity index (χ2n) is 5.65. The Kier molecular flexibility index (Phi) is 7.47. The van der Waals surface area contributed by atoms with E-state index in [2.05, 4.69) is 20.4 Å². The largest absolute Gasteiger partial charge is 0.511 e. The van der Waals surface area contributed by atoms with Gasteiger partial charge in [-0.25, -0.2) is 8.42 Å². The van der Waals surface area contributed by atoms with Crippen molar-refractivity contribution in [2.24, 2.45) is 10.9 Å². The number of carbonyl (C=O) groups excluding carboxylic acids is 1. The van der Waals surface area contributed by atoms with E-state index < -0.39 is 21.4 Å². The maximum atomic E-state index is 12.5. The second kappa shape index (κ2) is 8.70. The van der Waals surface area contributed by atoms with Crippen molar-refractivity contribution in [1.29, 1.82) is 0 Å². The van der Waals surface area contributed by atoms with Crippen LogP contribution in [0.1, 0.15) is 19.8 Å². The number of methoxy groups -OCH3 is 1. The molecule has 1 rings (SSSR count). The Balaban J connectivity index is 2.51. The molecule has 8 nitrogen and oxygen atoms in total. The molecule has 2 N–H and O–H groups in total. The van der Waals surface area contributed by atoms with Gasteiger partial charge >= 0.3 is 21.5 Å². The number of carbonyl (C=O) groups is 1. The molecule has 146 valence electrons. The summed E-state index contributed by atoms with van der Waals surface area (Å²) in [6.45, 7) is 1.49. The smallest absolute Gasteiger partial charge is 0.469 e. The van der Waals surface area contributed by atoms with E-state index in [1.54, 1.807) is 6.92 Å². The third-order valence-electron chi connectivity index (χ3n) is 3.83. The molecule has 0 radical (unpaired) electrons. The Hall–Kier alpha value is -1.56. The molecule has 25 heavy (non-hydrogen) atoms. The van der Waals surface area contributed by atoms with Gasteiger partial charge in [0.15, 0.2) is 5.96 Å². The van der Waals surface area contributed by atoms with Crippen molar-refractivity contribution in [3.05, 3.63) is 0 Å². The van der Waals surface area contributed by atoms with E-state index in [9.17, 15) is 26.4 Å². The molecule has 0 spiro atoms. The topological polar surface area (TPSA) is 100 Å². The lowest BCUT2D eigenvalue weighted by atomic mass is 10.1. The van der Waals surface area contributed by atoms with Crippen LogP contribution in [-0.4, -0.2) is 70.0 Å². The molecule has 0 aliphatic carbocycles. The second-order valence-corrected chi connectivity index (χ2v) is 7.58. The van der Waals surface area contributed by atoms with Gasteiger partial charge in [-0.05, 0) is 12.8 Å². The van der Waals surface area contributed by atoms with Crippen LogP contribution >= 0.6 is 0 Å². The summed E-state index contributed by atoms with van der Waals surface area (Å²) in [5.41, 5.74) is -5.28. The van der Waals surface area contributed by atoms with E-state index in [1.807, 2.05) is 0 Å². The maximum Gasteiger partial charge on any atom is 0.511 e. The molecule has 0 aromatic carbocycles. The van der Waals surface area contributed by atoms with Gasteiger partial charge < -0.3 is 15.4 Å². The normalized spacial score (nSPS) is 19.4. The summed E-state index contributed by atoms with van der Waals surface area (Å²) >= 11 is 0. The molecule has 1 saturated heterocycles. The number of piperidine rings is 1. The molecule has 1 aliphatic heterocycles. The van der Waals surface area contributed by atoms with Crippen molar-refractivity contribution in [3.63, 3.8) is 0 Å². The number of halogens is 3. The first-order chi connectivity index (χ1) is 11.5. The minimum atomic E-state index is -5.28. The fraction of sp³-hybridized carbons (Fsp3) is 0.846. The highest BCUT2D eigenvalue weighted by molar-refractivity contribution is 7.90. The minimum Gasteiger partial charge on any atom is -0.469 e. The highest BCUT2D eigenvalue weighted by atomic mass is 32.2. The summed E-state index contributed by atoms with van der Waals surface area (Å²) < 4.78 is 65.4. The number of esters is 1. The predicted octanol–water partition coefficient (Wildman–Crippen LogP) is 0.275. The Bertz CT molecular complexity index is 587. The molecule has 12 heteroatoms. The standard InChI is InChI=1S/C13H23F3N4O4S/c1-9(11(21)24-3)8-18-12(17-2)19-10-4-6-20(7-5-10)25(22,23)13(14,15)16/h9-10H,4-8H2,1-3H3,(H2,17,18,19). The summed E-state index contributed by atoms with van der Waals surface area (Å²) in [5, 5.41) is 5.94. The van der Waals surface area contributed by atoms with Gasteiger partial charge in [-0.3, -0.25) is 9.79 Å².